The van der Waals surface area contributed by atoms with Gasteiger partial charge in [-0.2, -0.15) is 0 Å². The van der Waals surface area contributed by atoms with Gasteiger partial charge in [0.2, 0.25) is 0 Å². The van der Waals surface area contributed by atoms with Crippen LogP contribution in [0.25, 0.3) is 0 Å². The molecule has 1 aromatic carbocycles. The molecule has 2 nitrogen and oxygen atoms in total. The maximum atomic E-state index is 8.69. The van der Waals surface area contributed by atoms with E-state index in [9.17, 15) is 0 Å². The molecule has 0 bridgehead atoms. The van der Waals surface area contributed by atoms with Crippen LogP contribution in [0.2, 0.25) is 0 Å². The van der Waals surface area contributed by atoms with Crippen LogP contribution >= 0.6 is 0 Å². The first kappa shape index (κ1) is 10.1. The van der Waals surface area contributed by atoms with Crippen molar-refractivity contribution in [3.8, 4) is 5.75 Å². The van der Waals surface area contributed by atoms with E-state index in [1.54, 1.807) is 0 Å². The number of benzene rings is 1. The average Bonchev–Trinajstić information content (AvgIpc) is 2.04. The van der Waals surface area contributed by atoms with E-state index in [-0.39, 0.29) is 13.1 Å². The van der Waals surface area contributed by atoms with Crippen molar-refractivity contribution in [3.05, 3.63) is 29.8 Å². The summed E-state index contributed by atoms with van der Waals surface area (Å²) in [5.41, 5.74) is 1.16. The smallest absolute Gasteiger partial charge is 0.504 e. The van der Waals surface area contributed by atoms with Crippen LogP contribution in [0.4, 0.5) is 0 Å². The lowest BCUT2D eigenvalue weighted by atomic mass is 9.86. The molecule has 0 amide bonds. The second kappa shape index (κ2) is 3.84. The Morgan fingerprint density at radius 3 is 2.38 bits per heavy atom. The van der Waals surface area contributed by atoms with E-state index >= 15 is 0 Å². The fourth-order valence-corrected chi connectivity index (χ4v) is 1.28. The number of hydrogen-bond donors (Lipinski definition) is 1. The Morgan fingerprint density at radius 2 is 1.85 bits per heavy atom. The Bertz CT molecular complexity index is 278. The maximum Gasteiger partial charge on any atom is 0.504 e. The van der Waals surface area contributed by atoms with E-state index in [1.165, 1.54) is 0 Å². The van der Waals surface area contributed by atoms with Crippen LogP contribution in [-0.2, 0) is 5.41 Å². The predicted molar refractivity (Wildman–Crippen MR) is 55.1 cm³/mol. The Balaban J connectivity index is 3.05. The van der Waals surface area contributed by atoms with Crippen molar-refractivity contribution in [2.75, 3.05) is 0 Å². The van der Waals surface area contributed by atoms with Gasteiger partial charge in [0.1, 0.15) is 5.75 Å². The van der Waals surface area contributed by atoms with E-state index in [2.05, 4.69) is 20.8 Å². The fourth-order valence-electron chi connectivity index (χ4n) is 1.28. The van der Waals surface area contributed by atoms with E-state index < -0.39 is 0 Å². The highest BCUT2D eigenvalue weighted by Crippen LogP contribution is 2.30. The van der Waals surface area contributed by atoms with Crippen molar-refractivity contribution in [2.24, 2.45) is 0 Å². The molecule has 1 aromatic rings. The molecule has 1 N–H and O–H groups in total. The van der Waals surface area contributed by atoms with Gasteiger partial charge in [-0.3, -0.25) is 0 Å². The predicted octanol–water partition coefficient (Wildman–Crippen LogP) is 1.62. The number of para-hydroxylation sites is 1. The maximum absolute atomic E-state index is 8.69. The summed E-state index contributed by atoms with van der Waals surface area (Å²) >= 11 is 0. The van der Waals surface area contributed by atoms with Gasteiger partial charge in [0, 0.05) is 0 Å². The van der Waals surface area contributed by atoms with Gasteiger partial charge in [-0.25, -0.2) is 0 Å². The third-order valence-corrected chi connectivity index (χ3v) is 1.92. The average molecular weight is 178 g/mol. The Labute approximate surface area is 79.9 Å². The molecular weight excluding hydrogens is 163 g/mol. The van der Waals surface area contributed by atoms with Crippen molar-refractivity contribution >= 4 is 7.69 Å². The molecule has 0 saturated carbocycles. The minimum absolute atomic E-state index is 0.0474. The van der Waals surface area contributed by atoms with Crippen LogP contribution in [0, 0.1) is 0 Å². The summed E-state index contributed by atoms with van der Waals surface area (Å²) in [4.78, 5) is 0. The molecule has 0 aliphatic carbocycles. The summed E-state index contributed by atoms with van der Waals surface area (Å²) in [5, 5.41) is 8.69. The molecule has 0 unspecified atom stereocenters. The molecule has 1 rings (SSSR count). The topological polar surface area (TPSA) is 29.5 Å². The van der Waals surface area contributed by atoms with Crippen molar-refractivity contribution in [2.45, 2.75) is 26.2 Å². The Hall–Kier alpha value is -0.955. The monoisotopic (exact) mass is 178 g/mol. The summed E-state index contributed by atoms with van der Waals surface area (Å²) in [7, 11) is -0.271. The van der Waals surface area contributed by atoms with Crippen molar-refractivity contribution < 1.29 is 9.68 Å². The second-order valence-corrected chi connectivity index (χ2v) is 4.02. The summed E-state index contributed by atoms with van der Waals surface area (Å²) in [5.74, 6) is 0.762. The highest BCUT2D eigenvalue weighted by atomic mass is 16.5. The molecule has 0 atom stereocenters. The Kier molecular flexibility index (Phi) is 2.99. The first-order valence-corrected chi connectivity index (χ1v) is 4.39. The zero-order valence-corrected chi connectivity index (χ0v) is 8.37. The molecular formula is C10H15BO2. The molecule has 0 aliphatic rings. The summed E-state index contributed by atoms with van der Waals surface area (Å²) in [6.45, 7) is 6.35. The van der Waals surface area contributed by atoms with Gasteiger partial charge in [0.25, 0.3) is 0 Å². The lowest BCUT2D eigenvalue weighted by Gasteiger charge is -2.22. The van der Waals surface area contributed by atoms with Crippen molar-refractivity contribution in [1.29, 1.82) is 0 Å². The lowest BCUT2D eigenvalue weighted by Crippen LogP contribution is -2.14. The molecule has 0 fully saturated rings. The molecule has 0 radical (unpaired) electrons. The minimum atomic E-state index is -0.271. The zero-order valence-electron chi connectivity index (χ0n) is 8.37. The molecule has 0 aromatic heterocycles. The SMILES string of the molecule is CC(C)(C)c1ccccc1OBO. The van der Waals surface area contributed by atoms with Crippen LogP contribution in [-0.4, -0.2) is 12.7 Å². The van der Waals surface area contributed by atoms with Gasteiger partial charge in [-0.1, -0.05) is 39.0 Å². The van der Waals surface area contributed by atoms with Crippen LogP contribution in [0.1, 0.15) is 26.3 Å². The van der Waals surface area contributed by atoms with Crippen LogP contribution in [0.15, 0.2) is 24.3 Å². The van der Waals surface area contributed by atoms with Gasteiger partial charge in [0.05, 0.1) is 0 Å². The van der Waals surface area contributed by atoms with Crippen molar-refractivity contribution in [1.82, 2.24) is 0 Å². The molecule has 0 saturated heterocycles. The summed E-state index contributed by atoms with van der Waals surface area (Å²) in [6.07, 6.45) is 0. The molecule has 0 aliphatic heterocycles. The van der Waals surface area contributed by atoms with Gasteiger partial charge in [-0.15, -0.1) is 0 Å². The number of hydrogen-bond acceptors (Lipinski definition) is 2. The van der Waals surface area contributed by atoms with Gasteiger partial charge in [-0.05, 0) is 17.0 Å². The third kappa shape index (κ3) is 2.49. The van der Waals surface area contributed by atoms with Gasteiger partial charge >= 0.3 is 7.69 Å². The van der Waals surface area contributed by atoms with Gasteiger partial charge < -0.3 is 9.68 Å². The Morgan fingerprint density at radius 1 is 1.23 bits per heavy atom. The quantitative estimate of drug-likeness (QED) is 0.697. The molecule has 0 spiro atoms. The molecule has 0 heterocycles. The van der Waals surface area contributed by atoms with Crippen LogP contribution in [0.5, 0.6) is 5.75 Å². The fraction of sp³-hybridized carbons (Fsp3) is 0.400. The standard InChI is InChI=1S/C10H15BO2/c1-10(2,3)8-6-4-5-7-9(8)13-11-12/h4-7,11-12H,1-3H3. The van der Waals surface area contributed by atoms with Crippen LogP contribution < -0.4 is 4.65 Å². The molecule has 3 heteroatoms. The van der Waals surface area contributed by atoms with Crippen molar-refractivity contribution in [3.63, 3.8) is 0 Å². The van der Waals surface area contributed by atoms with E-state index in [1.807, 2.05) is 24.3 Å². The minimum Gasteiger partial charge on any atom is -0.539 e. The second-order valence-electron chi connectivity index (χ2n) is 4.02. The highest BCUT2D eigenvalue weighted by molar-refractivity contribution is 6.17. The highest BCUT2D eigenvalue weighted by Gasteiger charge is 2.17. The van der Waals surface area contributed by atoms with E-state index in [4.69, 9.17) is 9.68 Å². The van der Waals surface area contributed by atoms with E-state index in [0.717, 1.165) is 11.3 Å². The normalized spacial score (nSPS) is 11.1. The van der Waals surface area contributed by atoms with Gasteiger partial charge in [0.15, 0.2) is 0 Å². The lowest BCUT2D eigenvalue weighted by molar-refractivity contribution is 0.440. The molecule has 70 valence electrons. The largest absolute Gasteiger partial charge is 0.539 e. The first-order chi connectivity index (χ1) is 6.05. The van der Waals surface area contributed by atoms with Crippen LogP contribution in [0.3, 0.4) is 0 Å². The van der Waals surface area contributed by atoms with E-state index in [0.29, 0.717) is 0 Å². The number of rotatable bonds is 2. The first-order valence-electron chi connectivity index (χ1n) is 4.39. The summed E-state index contributed by atoms with van der Waals surface area (Å²) < 4.78 is 5.12. The third-order valence-electron chi connectivity index (χ3n) is 1.92. The zero-order chi connectivity index (χ0) is 9.90. The molecule has 13 heavy (non-hydrogen) atoms. The summed E-state index contributed by atoms with van der Waals surface area (Å²) in [6, 6.07) is 7.77.